The van der Waals surface area contributed by atoms with E-state index in [-0.39, 0.29) is 29.7 Å². The quantitative estimate of drug-likeness (QED) is 0.228. The number of aliphatic hydroxyl groups is 3. The third-order valence-corrected chi connectivity index (χ3v) is 7.22. The molecule has 11 heteroatoms. The number of amides is 1. The van der Waals surface area contributed by atoms with Gasteiger partial charge in [0.2, 0.25) is 5.78 Å². The lowest BCUT2D eigenvalue weighted by atomic mass is 9.57. The summed E-state index contributed by atoms with van der Waals surface area (Å²) in [6, 6.07) is 1.83. The molecule has 1 amide bonds. The summed E-state index contributed by atoms with van der Waals surface area (Å²) in [7, 11) is 4.48. The highest BCUT2D eigenvalue weighted by Crippen LogP contribution is 2.52. The molecule has 186 valence electrons. The van der Waals surface area contributed by atoms with Gasteiger partial charge in [0.15, 0.2) is 11.4 Å². The van der Waals surface area contributed by atoms with E-state index >= 15 is 0 Å². The third-order valence-electron chi connectivity index (χ3n) is 7.22. The number of carbonyl (C=O) groups is 3. The number of aromatic hydroxyl groups is 1. The second-order valence-electron chi connectivity index (χ2n) is 9.31. The second kappa shape index (κ2) is 8.21. The number of hydrogen-bond donors (Lipinski definition) is 5. The largest absolute Gasteiger partial charge is 0.508 e. The molecule has 0 bridgehead atoms. The number of Topliss-reactive ketones (excluding diaryl/α,β-unsaturated/α-hetero) is 2. The average molecular weight is 485 g/mol. The molecular weight excluding hydrogens is 458 g/mol. The van der Waals surface area contributed by atoms with E-state index in [1.807, 2.05) is 0 Å². The number of likely N-dealkylation sites (N-methyl/N-ethyl adjacent to an activating group) is 1. The zero-order valence-corrected chi connectivity index (χ0v) is 19.7. The van der Waals surface area contributed by atoms with Crippen LogP contribution in [0.15, 0.2) is 34.2 Å². The molecule has 1 fully saturated rings. The number of nitrogens with zero attached hydrogens (tertiary/aromatic N) is 2. The van der Waals surface area contributed by atoms with Crippen molar-refractivity contribution in [3.63, 3.8) is 0 Å². The van der Waals surface area contributed by atoms with Crippen molar-refractivity contribution in [2.75, 3.05) is 21.2 Å². The third kappa shape index (κ3) is 3.26. The normalized spacial score (nSPS) is 28.6. The molecule has 0 saturated heterocycles. The minimum absolute atomic E-state index is 0.00411. The van der Waals surface area contributed by atoms with E-state index in [1.165, 1.54) is 18.1 Å². The van der Waals surface area contributed by atoms with Gasteiger partial charge in [-0.05, 0) is 57.5 Å². The number of nitrogens with two attached hydrogens (primary N) is 1. The van der Waals surface area contributed by atoms with Gasteiger partial charge in [0.1, 0.15) is 30.0 Å². The first-order chi connectivity index (χ1) is 16.4. The number of oxime groups is 1. The van der Waals surface area contributed by atoms with Crippen molar-refractivity contribution in [3.8, 4) is 5.75 Å². The van der Waals surface area contributed by atoms with Crippen molar-refractivity contribution in [2.45, 2.75) is 31.4 Å². The van der Waals surface area contributed by atoms with Crippen molar-refractivity contribution in [3.05, 3.63) is 45.7 Å². The molecule has 1 aromatic rings. The summed E-state index contributed by atoms with van der Waals surface area (Å²) in [6.07, 6.45) is 0.191. The van der Waals surface area contributed by atoms with Crippen LogP contribution in [-0.2, 0) is 25.6 Å². The first kappa shape index (κ1) is 24.4. The van der Waals surface area contributed by atoms with Crippen molar-refractivity contribution in [2.24, 2.45) is 22.7 Å². The Morgan fingerprint density at radius 2 is 1.89 bits per heavy atom. The summed E-state index contributed by atoms with van der Waals surface area (Å²) >= 11 is 0. The van der Waals surface area contributed by atoms with Crippen LogP contribution in [0, 0.1) is 11.8 Å². The molecular formula is C24H27N3O8. The van der Waals surface area contributed by atoms with Crippen molar-refractivity contribution >= 4 is 28.9 Å². The van der Waals surface area contributed by atoms with Gasteiger partial charge in [0.05, 0.1) is 17.3 Å². The SMILES string of the molecule is CO/N=C(/C)c1ccc(O)c2c1C[C@@H]1C[C@@H]3C(N(C)C)C(=O)C(C(N)=O)=C(O)[C@]3(O)C(=O)C1=C2O. The number of phenolic OH excluding ortho intramolecular Hbond substituents is 1. The van der Waals surface area contributed by atoms with E-state index in [0.717, 1.165) is 0 Å². The number of phenols is 1. The van der Waals surface area contributed by atoms with Gasteiger partial charge in [-0.25, -0.2) is 0 Å². The first-order valence-electron chi connectivity index (χ1n) is 11.0. The second-order valence-corrected chi connectivity index (χ2v) is 9.31. The van der Waals surface area contributed by atoms with Crippen molar-refractivity contribution in [1.29, 1.82) is 0 Å². The predicted molar refractivity (Wildman–Crippen MR) is 123 cm³/mol. The van der Waals surface area contributed by atoms with Crippen LogP contribution in [0.2, 0.25) is 0 Å². The van der Waals surface area contributed by atoms with Crippen molar-refractivity contribution < 1.29 is 39.6 Å². The highest BCUT2D eigenvalue weighted by atomic mass is 16.6. The fourth-order valence-corrected chi connectivity index (χ4v) is 5.77. The number of fused-ring (bicyclic) bond motifs is 3. The summed E-state index contributed by atoms with van der Waals surface area (Å²) in [5.74, 6) is -6.86. The molecule has 0 aromatic heterocycles. The van der Waals surface area contributed by atoms with Gasteiger partial charge in [-0.1, -0.05) is 5.16 Å². The molecule has 3 aliphatic rings. The topological polar surface area (TPSA) is 183 Å². The Morgan fingerprint density at radius 1 is 1.23 bits per heavy atom. The van der Waals surface area contributed by atoms with Gasteiger partial charge < -0.3 is 31.0 Å². The van der Waals surface area contributed by atoms with E-state index in [1.54, 1.807) is 27.1 Å². The molecule has 0 heterocycles. The maximum atomic E-state index is 13.8. The fourth-order valence-electron chi connectivity index (χ4n) is 5.77. The van der Waals surface area contributed by atoms with Gasteiger partial charge in [0.25, 0.3) is 5.91 Å². The van der Waals surface area contributed by atoms with Crippen LogP contribution in [0.25, 0.3) is 5.76 Å². The number of carbonyl (C=O) groups excluding carboxylic acids is 3. The Morgan fingerprint density at radius 3 is 2.46 bits per heavy atom. The van der Waals surface area contributed by atoms with Gasteiger partial charge in [-0.2, -0.15) is 0 Å². The monoisotopic (exact) mass is 485 g/mol. The van der Waals surface area contributed by atoms with Crippen LogP contribution in [0.4, 0.5) is 0 Å². The molecule has 1 saturated carbocycles. The Bertz CT molecular complexity index is 1260. The van der Waals surface area contributed by atoms with Crippen LogP contribution in [0.1, 0.15) is 30.0 Å². The Kier molecular flexibility index (Phi) is 5.73. The molecule has 0 radical (unpaired) electrons. The lowest BCUT2D eigenvalue weighted by molar-refractivity contribution is -0.153. The molecule has 0 spiro atoms. The van der Waals surface area contributed by atoms with E-state index in [2.05, 4.69) is 5.16 Å². The average Bonchev–Trinajstić information content (AvgIpc) is 2.76. The van der Waals surface area contributed by atoms with E-state index in [4.69, 9.17) is 10.6 Å². The maximum absolute atomic E-state index is 13.8. The van der Waals surface area contributed by atoms with Gasteiger partial charge in [-0.3, -0.25) is 19.3 Å². The number of primary amides is 1. The summed E-state index contributed by atoms with van der Waals surface area (Å²) in [4.78, 5) is 45.2. The molecule has 6 N–H and O–H groups in total. The summed E-state index contributed by atoms with van der Waals surface area (Å²) < 4.78 is 0. The lowest BCUT2D eigenvalue weighted by Crippen LogP contribution is -2.65. The zero-order valence-electron chi connectivity index (χ0n) is 19.7. The van der Waals surface area contributed by atoms with Gasteiger partial charge in [-0.15, -0.1) is 0 Å². The highest BCUT2D eigenvalue weighted by Gasteiger charge is 2.64. The van der Waals surface area contributed by atoms with Crippen LogP contribution in [-0.4, -0.2) is 81.4 Å². The van der Waals surface area contributed by atoms with Crippen LogP contribution in [0.5, 0.6) is 5.75 Å². The minimum atomic E-state index is -2.66. The Labute approximate surface area is 200 Å². The summed E-state index contributed by atoms with van der Waals surface area (Å²) in [5, 5.41) is 48.1. The number of rotatable bonds is 4. The standard InChI is InChI=1S/C24H27N3O8/c1-9(26-35-4)11-5-6-14(28)16-12(11)7-10-8-13-18(27(2)3)20(30)17(23(25)33)22(32)24(13,34)21(31)15(10)19(16)29/h5-6,10,13,18,28-29,32,34H,7-8H2,1-4H3,(H2,25,33)/b26-9-/t10-,13-,18?,24-/m1/s1. The molecule has 35 heavy (non-hydrogen) atoms. The molecule has 1 unspecified atom stereocenters. The first-order valence-corrected chi connectivity index (χ1v) is 11.0. The number of ketones is 2. The summed E-state index contributed by atoms with van der Waals surface area (Å²) in [5.41, 5.74) is 3.19. The fraction of sp³-hybridized carbons (Fsp3) is 0.417. The molecule has 1 aromatic carbocycles. The number of benzene rings is 1. The Balaban J connectivity index is 1.98. The predicted octanol–water partition coefficient (Wildman–Crippen LogP) is 0.334. The van der Waals surface area contributed by atoms with Crippen LogP contribution < -0.4 is 5.73 Å². The number of hydrogen-bond acceptors (Lipinski definition) is 10. The minimum Gasteiger partial charge on any atom is -0.508 e. The highest BCUT2D eigenvalue weighted by molar-refractivity contribution is 6.24. The maximum Gasteiger partial charge on any atom is 0.255 e. The summed E-state index contributed by atoms with van der Waals surface area (Å²) in [6.45, 7) is 1.69. The lowest BCUT2D eigenvalue weighted by Gasteiger charge is -2.50. The Hall–Kier alpha value is -3.70. The van der Waals surface area contributed by atoms with Gasteiger partial charge >= 0.3 is 0 Å². The zero-order chi connectivity index (χ0) is 26.0. The molecule has 4 atom stereocenters. The van der Waals surface area contributed by atoms with Gasteiger partial charge in [0, 0.05) is 17.1 Å². The van der Waals surface area contributed by atoms with Crippen molar-refractivity contribution in [1.82, 2.24) is 4.90 Å². The molecule has 3 aliphatic carbocycles. The smallest absolute Gasteiger partial charge is 0.255 e. The number of aliphatic hydroxyl groups excluding tert-OH is 2. The molecule has 11 nitrogen and oxygen atoms in total. The van der Waals surface area contributed by atoms with Crippen LogP contribution in [0.3, 0.4) is 0 Å². The van der Waals surface area contributed by atoms with E-state index in [9.17, 15) is 34.8 Å². The van der Waals surface area contributed by atoms with E-state index < -0.39 is 58.0 Å². The van der Waals surface area contributed by atoms with Crippen LogP contribution >= 0.6 is 0 Å². The van der Waals surface area contributed by atoms with E-state index in [0.29, 0.717) is 16.8 Å². The molecule has 0 aliphatic heterocycles. The molecule has 4 rings (SSSR count).